The summed E-state index contributed by atoms with van der Waals surface area (Å²) in [6, 6.07) is 5.93. The third kappa shape index (κ3) is 3.61. The first kappa shape index (κ1) is 12.6. The molecule has 1 aromatic carbocycles. The minimum atomic E-state index is -0.213. The molecule has 0 saturated heterocycles. The molecule has 0 amide bonds. The van der Waals surface area contributed by atoms with E-state index in [-0.39, 0.29) is 5.60 Å². The van der Waals surface area contributed by atoms with Gasteiger partial charge in [-0.25, -0.2) is 0 Å². The molecule has 0 fully saturated rings. The second-order valence-corrected chi connectivity index (χ2v) is 4.62. The van der Waals surface area contributed by atoms with Crippen molar-refractivity contribution in [2.45, 2.75) is 33.3 Å². The number of allylic oxidation sites excluding steroid dienone is 1. The summed E-state index contributed by atoms with van der Waals surface area (Å²) >= 11 is 0. The molecule has 88 valence electrons. The van der Waals surface area contributed by atoms with Crippen LogP contribution in [0.1, 0.15) is 33.3 Å². The minimum absolute atomic E-state index is 0.213. The minimum Gasteiger partial charge on any atom is -0.493 e. The molecule has 0 heterocycles. The Kier molecular flexibility index (Phi) is 3.99. The third-order valence-electron chi connectivity index (χ3n) is 1.96. The zero-order chi connectivity index (χ0) is 12.2. The molecule has 0 unspecified atom stereocenters. The standard InChI is InChI=1S/C14H20O2/c1-6-7-11-8-9-12(13(10-11)15-5)16-14(2,3)4/h6-10H,1-5H3/b7-6+. The van der Waals surface area contributed by atoms with Gasteiger partial charge < -0.3 is 9.47 Å². The second kappa shape index (κ2) is 5.06. The molecule has 0 aromatic heterocycles. The summed E-state index contributed by atoms with van der Waals surface area (Å²) in [4.78, 5) is 0. The fraction of sp³-hybridized carbons (Fsp3) is 0.429. The van der Waals surface area contributed by atoms with Crippen molar-refractivity contribution in [1.82, 2.24) is 0 Å². The summed E-state index contributed by atoms with van der Waals surface area (Å²) in [5.74, 6) is 1.55. The van der Waals surface area contributed by atoms with E-state index in [0.29, 0.717) is 0 Å². The maximum absolute atomic E-state index is 5.81. The molecule has 0 radical (unpaired) electrons. The molecule has 0 saturated carbocycles. The van der Waals surface area contributed by atoms with Gasteiger partial charge in [0.2, 0.25) is 0 Å². The Balaban J connectivity index is 3.02. The predicted octanol–water partition coefficient (Wildman–Crippen LogP) is 3.91. The highest BCUT2D eigenvalue weighted by Gasteiger charge is 2.15. The number of benzene rings is 1. The van der Waals surface area contributed by atoms with E-state index in [0.717, 1.165) is 17.1 Å². The van der Waals surface area contributed by atoms with Crippen LogP contribution < -0.4 is 9.47 Å². The topological polar surface area (TPSA) is 18.5 Å². The van der Waals surface area contributed by atoms with Crippen molar-refractivity contribution in [1.29, 1.82) is 0 Å². The van der Waals surface area contributed by atoms with Crippen LogP contribution in [0.2, 0.25) is 0 Å². The molecule has 0 aliphatic heterocycles. The lowest BCUT2D eigenvalue weighted by Crippen LogP contribution is -2.23. The van der Waals surface area contributed by atoms with E-state index in [9.17, 15) is 0 Å². The lowest BCUT2D eigenvalue weighted by atomic mass is 10.1. The van der Waals surface area contributed by atoms with E-state index in [2.05, 4.69) is 0 Å². The molecular weight excluding hydrogens is 200 g/mol. The lowest BCUT2D eigenvalue weighted by Gasteiger charge is -2.22. The number of hydrogen-bond donors (Lipinski definition) is 0. The van der Waals surface area contributed by atoms with Crippen LogP contribution >= 0.6 is 0 Å². The van der Waals surface area contributed by atoms with Gasteiger partial charge in [0.05, 0.1) is 7.11 Å². The Bertz CT molecular complexity index is 373. The Morgan fingerprint density at radius 3 is 2.31 bits per heavy atom. The molecule has 0 N–H and O–H groups in total. The van der Waals surface area contributed by atoms with Crippen LogP contribution in [0.5, 0.6) is 11.5 Å². The Morgan fingerprint density at radius 2 is 1.81 bits per heavy atom. The molecule has 2 heteroatoms. The normalized spacial score (nSPS) is 11.8. The van der Waals surface area contributed by atoms with E-state index in [1.165, 1.54) is 0 Å². The third-order valence-corrected chi connectivity index (χ3v) is 1.96. The Morgan fingerprint density at radius 1 is 1.12 bits per heavy atom. The molecule has 1 aromatic rings. The van der Waals surface area contributed by atoms with Crippen molar-refractivity contribution >= 4 is 6.08 Å². The average Bonchev–Trinajstić information content (AvgIpc) is 2.18. The quantitative estimate of drug-likeness (QED) is 0.769. The highest BCUT2D eigenvalue weighted by atomic mass is 16.5. The summed E-state index contributed by atoms with van der Waals surface area (Å²) in [6.07, 6.45) is 4.03. The smallest absolute Gasteiger partial charge is 0.161 e. The molecule has 0 atom stereocenters. The Labute approximate surface area is 97.9 Å². The van der Waals surface area contributed by atoms with E-state index in [4.69, 9.17) is 9.47 Å². The summed E-state index contributed by atoms with van der Waals surface area (Å²) in [6.45, 7) is 8.05. The van der Waals surface area contributed by atoms with Crippen molar-refractivity contribution in [3.63, 3.8) is 0 Å². The predicted molar refractivity (Wildman–Crippen MR) is 68.1 cm³/mol. The van der Waals surface area contributed by atoms with Gasteiger partial charge in [-0.3, -0.25) is 0 Å². The van der Waals surface area contributed by atoms with Gasteiger partial charge in [-0.05, 0) is 45.4 Å². The molecule has 2 nitrogen and oxygen atoms in total. The maximum atomic E-state index is 5.81. The molecule has 0 spiro atoms. The highest BCUT2D eigenvalue weighted by Crippen LogP contribution is 2.31. The van der Waals surface area contributed by atoms with Gasteiger partial charge in [-0.2, -0.15) is 0 Å². The number of ether oxygens (including phenoxy) is 2. The van der Waals surface area contributed by atoms with Crippen LogP contribution in [-0.2, 0) is 0 Å². The summed E-state index contributed by atoms with van der Waals surface area (Å²) in [7, 11) is 1.66. The second-order valence-electron chi connectivity index (χ2n) is 4.62. The fourth-order valence-electron chi connectivity index (χ4n) is 1.39. The molecule has 1 rings (SSSR count). The first-order valence-corrected chi connectivity index (χ1v) is 5.46. The number of rotatable bonds is 3. The summed E-state index contributed by atoms with van der Waals surface area (Å²) in [5.41, 5.74) is 0.899. The monoisotopic (exact) mass is 220 g/mol. The molecule has 16 heavy (non-hydrogen) atoms. The molecule has 0 aliphatic rings. The van der Waals surface area contributed by atoms with Crippen molar-refractivity contribution in [2.75, 3.05) is 7.11 Å². The van der Waals surface area contributed by atoms with Crippen molar-refractivity contribution in [2.24, 2.45) is 0 Å². The highest BCUT2D eigenvalue weighted by molar-refractivity contribution is 5.55. The summed E-state index contributed by atoms with van der Waals surface area (Å²) in [5, 5.41) is 0. The van der Waals surface area contributed by atoms with Gasteiger partial charge in [0.1, 0.15) is 5.60 Å². The van der Waals surface area contributed by atoms with Crippen LogP contribution in [0.3, 0.4) is 0 Å². The van der Waals surface area contributed by atoms with Crippen molar-refractivity contribution in [3.8, 4) is 11.5 Å². The fourth-order valence-corrected chi connectivity index (χ4v) is 1.39. The first-order valence-electron chi connectivity index (χ1n) is 5.46. The molecular formula is C14H20O2. The number of methoxy groups -OCH3 is 1. The van der Waals surface area contributed by atoms with Gasteiger partial charge in [0, 0.05) is 0 Å². The van der Waals surface area contributed by atoms with E-state index < -0.39 is 0 Å². The van der Waals surface area contributed by atoms with Crippen molar-refractivity contribution < 1.29 is 9.47 Å². The van der Waals surface area contributed by atoms with Gasteiger partial charge in [0.25, 0.3) is 0 Å². The Hall–Kier alpha value is -1.44. The van der Waals surface area contributed by atoms with E-state index in [1.54, 1.807) is 7.11 Å². The lowest BCUT2D eigenvalue weighted by molar-refractivity contribution is 0.125. The maximum Gasteiger partial charge on any atom is 0.161 e. The van der Waals surface area contributed by atoms with Crippen LogP contribution in [0.15, 0.2) is 24.3 Å². The largest absolute Gasteiger partial charge is 0.493 e. The molecule has 0 bridgehead atoms. The summed E-state index contributed by atoms with van der Waals surface area (Å²) < 4.78 is 11.1. The first-order chi connectivity index (χ1) is 7.46. The van der Waals surface area contributed by atoms with Gasteiger partial charge in [-0.1, -0.05) is 18.2 Å². The number of hydrogen-bond acceptors (Lipinski definition) is 2. The van der Waals surface area contributed by atoms with Gasteiger partial charge in [0.15, 0.2) is 11.5 Å². The van der Waals surface area contributed by atoms with E-state index in [1.807, 2.05) is 58.0 Å². The zero-order valence-corrected chi connectivity index (χ0v) is 10.7. The van der Waals surface area contributed by atoms with Gasteiger partial charge in [-0.15, -0.1) is 0 Å². The van der Waals surface area contributed by atoms with Crippen LogP contribution in [-0.4, -0.2) is 12.7 Å². The van der Waals surface area contributed by atoms with Crippen LogP contribution in [0.4, 0.5) is 0 Å². The zero-order valence-electron chi connectivity index (χ0n) is 10.7. The SMILES string of the molecule is C/C=C/c1ccc(OC(C)(C)C)c(OC)c1. The van der Waals surface area contributed by atoms with E-state index >= 15 is 0 Å². The van der Waals surface area contributed by atoms with Gasteiger partial charge >= 0.3 is 0 Å². The molecule has 0 aliphatic carbocycles. The van der Waals surface area contributed by atoms with Crippen molar-refractivity contribution in [3.05, 3.63) is 29.8 Å². The average molecular weight is 220 g/mol. The van der Waals surface area contributed by atoms with Crippen LogP contribution in [0.25, 0.3) is 6.08 Å². The van der Waals surface area contributed by atoms with Crippen LogP contribution in [0, 0.1) is 0 Å².